The molecule has 0 aliphatic heterocycles. The van der Waals surface area contributed by atoms with E-state index in [1.807, 2.05) is 0 Å². The molecule has 0 N–H and O–H groups in total. The fraction of sp³-hybridized carbons (Fsp3) is 0.979. The fourth-order valence-corrected chi connectivity index (χ4v) is 8.06. The second kappa shape index (κ2) is 47.2. The van der Waals surface area contributed by atoms with E-state index in [-0.39, 0.29) is 18.9 Å². The predicted molar refractivity (Wildman–Crippen MR) is 227 cm³/mol. The van der Waals surface area contributed by atoms with E-state index in [1.54, 1.807) is 0 Å². The number of carbonyl (C=O) groups is 1. The van der Waals surface area contributed by atoms with Crippen LogP contribution in [0.3, 0.4) is 0 Å². The summed E-state index contributed by atoms with van der Waals surface area (Å²) in [6.45, 7) is 8.62. The van der Waals surface area contributed by atoms with Gasteiger partial charge in [0.05, 0.1) is 5.97 Å². The third kappa shape index (κ3) is 41.2. The maximum absolute atomic E-state index is 12.1. The Bertz CT molecular complexity index is 616. The molecule has 52 heavy (non-hydrogen) atoms. The molecule has 0 aliphatic carbocycles. The van der Waals surface area contributed by atoms with Crippen LogP contribution in [0, 0.1) is 0 Å². The molecule has 1 atom stereocenters. The molecule has 0 heterocycles. The molecule has 0 aromatic carbocycles. The number of carbonyl (C=O) groups excluding carboxylic acids is 1. The summed E-state index contributed by atoms with van der Waals surface area (Å²) < 4.78 is 0. The number of carboxylic acids is 1. The van der Waals surface area contributed by atoms with Crippen molar-refractivity contribution in [3.05, 3.63) is 0 Å². The maximum atomic E-state index is 12.1. The Kier molecular flexibility index (Phi) is 49.1. The first-order valence-corrected chi connectivity index (χ1v) is 24.1. The molecule has 4 heteroatoms. The van der Waals surface area contributed by atoms with Gasteiger partial charge in [0.25, 0.3) is 0 Å². The molecule has 306 valence electrons. The Morgan fingerprint density at radius 3 is 0.731 bits per heavy atom. The van der Waals surface area contributed by atoms with Crippen molar-refractivity contribution in [3.8, 4) is 0 Å². The standard InChI is InChI=1S/C48H97NO2.Li/c1-4-7-10-12-14-16-18-20-22-24-26-28-30-32-34-36-38-40-42-45-49(47(48(50)51)44-9-6-3)46-43-41-39-37-35-33-31-29-27-25-23-21-19-17-15-13-11-8-5-2;/h47H,4-46H2,1-3H3,(H,50,51);/q;+1/p-1. The molecule has 0 fully saturated rings. The zero-order valence-electron chi connectivity index (χ0n) is 36.7. The van der Waals surface area contributed by atoms with Gasteiger partial charge in [-0.2, -0.15) is 0 Å². The van der Waals surface area contributed by atoms with Gasteiger partial charge in [0.1, 0.15) is 0 Å². The van der Waals surface area contributed by atoms with Crippen LogP contribution in [0.2, 0.25) is 0 Å². The van der Waals surface area contributed by atoms with Gasteiger partial charge >= 0.3 is 18.9 Å². The smallest absolute Gasteiger partial charge is 0.548 e. The minimum Gasteiger partial charge on any atom is -0.548 e. The molecule has 0 saturated heterocycles. The number of hydrogen-bond donors (Lipinski definition) is 0. The number of carboxylic acid groups (broad SMARTS) is 1. The van der Waals surface area contributed by atoms with Gasteiger partial charge in [-0.25, -0.2) is 0 Å². The Labute approximate surface area is 341 Å². The van der Waals surface area contributed by atoms with Gasteiger partial charge in [0.2, 0.25) is 0 Å². The van der Waals surface area contributed by atoms with E-state index in [9.17, 15) is 9.90 Å². The molecule has 0 aromatic rings. The monoisotopic (exact) mass is 726 g/mol. The SMILES string of the molecule is CCCCCCCCCCCCCCCCCCCCCN(CCCCCCCCCCCCCCCCCCCCC)C(CCCC)C(=O)[O-].[Li+]. The molecule has 1 unspecified atom stereocenters. The minimum absolute atomic E-state index is 0. The van der Waals surface area contributed by atoms with E-state index >= 15 is 0 Å². The first kappa shape index (κ1) is 54.1. The largest absolute Gasteiger partial charge is 1.00 e. The van der Waals surface area contributed by atoms with Crippen LogP contribution in [0.25, 0.3) is 0 Å². The topological polar surface area (TPSA) is 43.4 Å². The van der Waals surface area contributed by atoms with Crippen LogP contribution >= 0.6 is 0 Å². The molecular weight excluding hydrogens is 629 g/mol. The van der Waals surface area contributed by atoms with E-state index in [0.717, 1.165) is 45.2 Å². The van der Waals surface area contributed by atoms with Crippen LogP contribution in [0.1, 0.15) is 284 Å². The average molecular weight is 726 g/mol. The third-order valence-electron chi connectivity index (χ3n) is 11.6. The van der Waals surface area contributed by atoms with E-state index in [4.69, 9.17) is 0 Å². The molecule has 3 nitrogen and oxygen atoms in total. The van der Waals surface area contributed by atoms with Gasteiger partial charge in [-0.05, 0) is 32.4 Å². The summed E-state index contributed by atoms with van der Waals surface area (Å²) in [5.41, 5.74) is 0. The molecule has 0 aromatic heterocycles. The summed E-state index contributed by atoms with van der Waals surface area (Å²) in [7, 11) is 0. The molecule has 0 radical (unpaired) electrons. The Balaban J connectivity index is 0. The molecule has 0 rings (SSSR count). The van der Waals surface area contributed by atoms with Crippen molar-refractivity contribution in [1.29, 1.82) is 0 Å². The molecular formula is C48H96LiNO2. The molecule has 0 amide bonds. The van der Waals surface area contributed by atoms with Crippen molar-refractivity contribution in [1.82, 2.24) is 4.90 Å². The molecule has 0 spiro atoms. The van der Waals surface area contributed by atoms with Crippen molar-refractivity contribution in [3.63, 3.8) is 0 Å². The summed E-state index contributed by atoms with van der Waals surface area (Å²) >= 11 is 0. The Hall–Kier alpha value is 0.0274. The second-order valence-electron chi connectivity index (χ2n) is 16.7. The normalized spacial score (nSPS) is 12.1. The van der Waals surface area contributed by atoms with Gasteiger partial charge in [-0.1, -0.05) is 265 Å². The van der Waals surface area contributed by atoms with E-state index in [1.165, 1.54) is 231 Å². The van der Waals surface area contributed by atoms with Crippen molar-refractivity contribution in [2.45, 2.75) is 290 Å². The third-order valence-corrected chi connectivity index (χ3v) is 11.6. The number of nitrogens with zero attached hydrogens (tertiary/aromatic N) is 1. The summed E-state index contributed by atoms with van der Waals surface area (Å²) in [4.78, 5) is 14.4. The average Bonchev–Trinajstić information content (AvgIpc) is 3.13. The number of hydrogen-bond acceptors (Lipinski definition) is 3. The van der Waals surface area contributed by atoms with Crippen molar-refractivity contribution < 1.29 is 28.8 Å². The quantitative estimate of drug-likeness (QED) is 0.0464. The molecule has 0 saturated carbocycles. The van der Waals surface area contributed by atoms with Crippen LogP contribution in [-0.2, 0) is 4.79 Å². The van der Waals surface area contributed by atoms with Gasteiger partial charge in [0.15, 0.2) is 0 Å². The van der Waals surface area contributed by atoms with Crippen LogP contribution in [0.5, 0.6) is 0 Å². The summed E-state index contributed by atoms with van der Waals surface area (Å²) in [6, 6.07) is -0.393. The number of aliphatic carboxylic acids is 1. The van der Waals surface area contributed by atoms with Crippen molar-refractivity contribution in [2.75, 3.05) is 13.1 Å². The zero-order chi connectivity index (χ0) is 37.1. The zero-order valence-corrected chi connectivity index (χ0v) is 36.7. The van der Waals surface area contributed by atoms with E-state index < -0.39 is 12.0 Å². The molecule has 0 aliphatic rings. The summed E-state index contributed by atoms with van der Waals surface area (Å²) in [6.07, 6.45) is 55.6. The van der Waals surface area contributed by atoms with Crippen LogP contribution in [0.15, 0.2) is 0 Å². The predicted octanol–water partition coefficient (Wildman–Crippen LogP) is 12.5. The van der Waals surface area contributed by atoms with Gasteiger partial charge in [0, 0.05) is 6.04 Å². The molecule has 0 bridgehead atoms. The minimum atomic E-state index is -0.848. The van der Waals surface area contributed by atoms with Crippen LogP contribution in [-0.4, -0.2) is 30.0 Å². The van der Waals surface area contributed by atoms with Gasteiger partial charge in [-0.3, -0.25) is 4.90 Å². The first-order chi connectivity index (χ1) is 25.2. The van der Waals surface area contributed by atoms with E-state index in [0.29, 0.717) is 0 Å². The van der Waals surface area contributed by atoms with Gasteiger partial charge < -0.3 is 9.90 Å². The second-order valence-corrected chi connectivity index (χ2v) is 16.7. The fourth-order valence-electron chi connectivity index (χ4n) is 8.06. The van der Waals surface area contributed by atoms with E-state index in [2.05, 4.69) is 25.7 Å². The Morgan fingerprint density at radius 1 is 0.346 bits per heavy atom. The van der Waals surface area contributed by atoms with Crippen molar-refractivity contribution in [2.24, 2.45) is 0 Å². The first-order valence-electron chi connectivity index (χ1n) is 24.1. The van der Waals surface area contributed by atoms with Gasteiger partial charge in [-0.15, -0.1) is 0 Å². The van der Waals surface area contributed by atoms with Crippen LogP contribution in [0.4, 0.5) is 0 Å². The summed E-state index contributed by atoms with van der Waals surface area (Å²) in [5, 5.41) is 12.1. The summed E-state index contributed by atoms with van der Waals surface area (Å²) in [5.74, 6) is -0.848. The number of unbranched alkanes of at least 4 members (excludes halogenated alkanes) is 37. The van der Waals surface area contributed by atoms with Crippen molar-refractivity contribution >= 4 is 5.97 Å². The maximum Gasteiger partial charge on any atom is 1.00 e. The number of rotatable bonds is 45. The van der Waals surface area contributed by atoms with Crippen LogP contribution < -0.4 is 24.0 Å². The Morgan fingerprint density at radius 2 is 0.538 bits per heavy atom.